The van der Waals surface area contributed by atoms with Crippen LogP contribution in [0.3, 0.4) is 0 Å². The molecule has 0 aliphatic rings. The predicted octanol–water partition coefficient (Wildman–Crippen LogP) is 3.90. The van der Waals surface area contributed by atoms with Gasteiger partial charge in [0, 0.05) is 23.9 Å². The maximum absolute atomic E-state index is 12.1. The molecule has 0 aliphatic heterocycles. The molecule has 0 unspecified atom stereocenters. The minimum absolute atomic E-state index is 0.127. The number of para-hydroxylation sites is 1. The van der Waals surface area contributed by atoms with Gasteiger partial charge in [0.05, 0.1) is 0 Å². The maximum atomic E-state index is 12.1. The summed E-state index contributed by atoms with van der Waals surface area (Å²) in [6.07, 6.45) is -4.71. The first-order valence-corrected chi connectivity index (χ1v) is 5.80. The minimum atomic E-state index is -4.71. The fraction of sp³-hybridized carbons (Fsp3) is 0.143. The molecular weight excluding hydrogens is 271 g/mol. The van der Waals surface area contributed by atoms with Crippen molar-refractivity contribution in [2.24, 2.45) is 0 Å². The van der Waals surface area contributed by atoms with Crippen molar-refractivity contribution < 1.29 is 23.0 Å². The van der Waals surface area contributed by atoms with Gasteiger partial charge in [-0.2, -0.15) is 0 Å². The van der Waals surface area contributed by atoms with Gasteiger partial charge in [-0.1, -0.05) is 24.3 Å². The molecule has 0 saturated carbocycles. The first kappa shape index (κ1) is 14.0. The number of alkyl halides is 3. The lowest BCUT2D eigenvalue weighted by atomic mass is 10.2. The van der Waals surface area contributed by atoms with Gasteiger partial charge in [-0.25, -0.2) is 0 Å². The number of phenols is 1. The second-order valence-electron chi connectivity index (χ2n) is 4.06. The van der Waals surface area contributed by atoms with Crippen LogP contribution in [0.4, 0.5) is 18.9 Å². The van der Waals surface area contributed by atoms with Gasteiger partial charge in [-0.05, 0) is 18.2 Å². The van der Waals surface area contributed by atoms with Crippen molar-refractivity contribution in [3.8, 4) is 11.5 Å². The zero-order valence-corrected chi connectivity index (χ0v) is 10.3. The summed E-state index contributed by atoms with van der Waals surface area (Å²) in [4.78, 5) is 0. The van der Waals surface area contributed by atoms with E-state index >= 15 is 0 Å². The molecule has 0 fully saturated rings. The van der Waals surface area contributed by atoms with Crippen molar-refractivity contribution in [3.63, 3.8) is 0 Å². The molecule has 0 saturated heterocycles. The van der Waals surface area contributed by atoms with Crippen molar-refractivity contribution in [1.82, 2.24) is 0 Å². The van der Waals surface area contributed by atoms with Gasteiger partial charge >= 0.3 is 6.36 Å². The highest BCUT2D eigenvalue weighted by Crippen LogP contribution is 2.25. The molecule has 6 heteroatoms. The fourth-order valence-corrected chi connectivity index (χ4v) is 1.66. The summed E-state index contributed by atoms with van der Waals surface area (Å²) in [7, 11) is 0. The van der Waals surface area contributed by atoms with E-state index in [9.17, 15) is 18.3 Å². The summed E-state index contributed by atoms with van der Waals surface area (Å²) in [5.41, 5.74) is 1.12. The average molecular weight is 283 g/mol. The third kappa shape index (κ3) is 4.08. The Morgan fingerprint density at radius 2 is 1.80 bits per heavy atom. The molecule has 0 amide bonds. The topological polar surface area (TPSA) is 41.5 Å². The van der Waals surface area contributed by atoms with Crippen LogP contribution in [0.1, 0.15) is 5.56 Å². The van der Waals surface area contributed by atoms with Crippen molar-refractivity contribution in [2.75, 3.05) is 5.32 Å². The zero-order chi connectivity index (χ0) is 14.6. The Hall–Kier alpha value is -2.37. The first-order chi connectivity index (χ1) is 9.44. The summed E-state index contributed by atoms with van der Waals surface area (Å²) in [5.74, 6) is -0.164. The Kier molecular flexibility index (Phi) is 4.02. The Morgan fingerprint density at radius 1 is 1.05 bits per heavy atom. The van der Waals surface area contributed by atoms with E-state index in [-0.39, 0.29) is 11.5 Å². The van der Waals surface area contributed by atoms with Crippen LogP contribution >= 0.6 is 0 Å². The van der Waals surface area contributed by atoms with E-state index in [0.29, 0.717) is 17.8 Å². The van der Waals surface area contributed by atoms with E-state index in [4.69, 9.17) is 0 Å². The van der Waals surface area contributed by atoms with Crippen molar-refractivity contribution in [1.29, 1.82) is 0 Å². The second kappa shape index (κ2) is 5.73. The quantitative estimate of drug-likeness (QED) is 0.894. The molecule has 2 aromatic carbocycles. The lowest BCUT2D eigenvalue weighted by Gasteiger charge is -2.11. The summed E-state index contributed by atoms with van der Waals surface area (Å²) in [6, 6.07) is 12.2. The molecule has 0 bridgehead atoms. The highest BCUT2D eigenvalue weighted by atomic mass is 19.4. The molecule has 2 N–H and O–H groups in total. The van der Waals surface area contributed by atoms with Gasteiger partial charge < -0.3 is 15.2 Å². The molecule has 0 atom stereocenters. The van der Waals surface area contributed by atoms with Crippen LogP contribution in [0.5, 0.6) is 11.5 Å². The van der Waals surface area contributed by atoms with Crippen molar-refractivity contribution >= 4 is 5.69 Å². The number of phenolic OH excluding ortho intramolecular Hbond substituents is 1. The van der Waals surface area contributed by atoms with Crippen LogP contribution in [0, 0.1) is 0 Å². The van der Waals surface area contributed by atoms with E-state index in [1.54, 1.807) is 30.3 Å². The number of hydrogen-bond acceptors (Lipinski definition) is 3. The summed E-state index contributed by atoms with van der Waals surface area (Å²) in [6.45, 7) is 0.294. The number of rotatable bonds is 4. The van der Waals surface area contributed by atoms with E-state index in [2.05, 4.69) is 10.1 Å². The van der Waals surface area contributed by atoms with Crippen molar-refractivity contribution in [3.05, 3.63) is 54.1 Å². The zero-order valence-electron chi connectivity index (χ0n) is 10.3. The van der Waals surface area contributed by atoms with Gasteiger partial charge in [0.1, 0.15) is 11.5 Å². The number of benzene rings is 2. The largest absolute Gasteiger partial charge is 0.573 e. The lowest BCUT2D eigenvalue weighted by molar-refractivity contribution is -0.274. The third-order valence-corrected chi connectivity index (χ3v) is 2.54. The number of aromatic hydroxyl groups is 1. The van der Waals surface area contributed by atoms with Gasteiger partial charge in [0.2, 0.25) is 0 Å². The molecule has 0 aromatic heterocycles. The van der Waals surface area contributed by atoms with Gasteiger partial charge in [-0.15, -0.1) is 13.2 Å². The summed E-state index contributed by atoms with van der Waals surface area (Å²) in [5, 5.41) is 12.5. The van der Waals surface area contributed by atoms with Crippen molar-refractivity contribution in [2.45, 2.75) is 12.9 Å². The number of nitrogens with one attached hydrogen (secondary N) is 1. The molecule has 3 nitrogen and oxygen atoms in total. The molecule has 106 valence electrons. The van der Waals surface area contributed by atoms with Crippen LogP contribution in [-0.2, 0) is 6.54 Å². The van der Waals surface area contributed by atoms with E-state index in [0.717, 1.165) is 0 Å². The number of anilines is 1. The smallest absolute Gasteiger partial charge is 0.508 e. The number of halogens is 3. The van der Waals surface area contributed by atoms with Crippen LogP contribution < -0.4 is 10.1 Å². The molecule has 20 heavy (non-hydrogen) atoms. The molecular formula is C14H12F3NO2. The monoisotopic (exact) mass is 283 g/mol. The lowest BCUT2D eigenvalue weighted by Crippen LogP contribution is -2.17. The molecule has 2 aromatic rings. The van der Waals surface area contributed by atoms with E-state index in [1.165, 1.54) is 18.2 Å². The first-order valence-electron chi connectivity index (χ1n) is 5.80. The molecule has 0 spiro atoms. The molecule has 0 radical (unpaired) electrons. The van der Waals surface area contributed by atoms with E-state index < -0.39 is 6.36 Å². The van der Waals surface area contributed by atoms with Gasteiger partial charge in [0.15, 0.2) is 0 Å². The minimum Gasteiger partial charge on any atom is -0.508 e. The Labute approximate surface area is 113 Å². The molecule has 0 heterocycles. The fourth-order valence-electron chi connectivity index (χ4n) is 1.66. The maximum Gasteiger partial charge on any atom is 0.573 e. The Balaban J connectivity index is 2.03. The molecule has 0 aliphatic carbocycles. The summed E-state index contributed by atoms with van der Waals surface area (Å²) >= 11 is 0. The van der Waals surface area contributed by atoms with Crippen LogP contribution in [0.25, 0.3) is 0 Å². The van der Waals surface area contributed by atoms with Crippen LogP contribution in [0.15, 0.2) is 48.5 Å². The van der Waals surface area contributed by atoms with Crippen LogP contribution in [0.2, 0.25) is 0 Å². The SMILES string of the molecule is Oc1ccccc1CNc1cccc(OC(F)(F)F)c1. The summed E-state index contributed by atoms with van der Waals surface area (Å²) < 4.78 is 40.1. The Morgan fingerprint density at radius 3 is 2.50 bits per heavy atom. The van der Waals surface area contributed by atoms with Gasteiger partial charge in [0.25, 0.3) is 0 Å². The van der Waals surface area contributed by atoms with Crippen LogP contribution in [-0.4, -0.2) is 11.5 Å². The predicted molar refractivity (Wildman–Crippen MR) is 68.6 cm³/mol. The Bertz CT molecular complexity index is 585. The normalized spacial score (nSPS) is 11.2. The second-order valence-corrected chi connectivity index (χ2v) is 4.06. The van der Waals surface area contributed by atoms with E-state index in [1.807, 2.05) is 0 Å². The highest BCUT2D eigenvalue weighted by Gasteiger charge is 2.31. The van der Waals surface area contributed by atoms with Gasteiger partial charge in [-0.3, -0.25) is 0 Å². The third-order valence-electron chi connectivity index (χ3n) is 2.54. The average Bonchev–Trinajstić information content (AvgIpc) is 2.36. The standard InChI is InChI=1S/C14H12F3NO2/c15-14(16,17)20-12-6-3-5-11(8-12)18-9-10-4-1-2-7-13(10)19/h1-8,18-19H,9H2. The number of hydrogen-bond donors (Lipinski definition) is 2. The highest BCUT2D eigenvalue weighted by molar-refractivity contribution is 5.49. The number of ether oxygens (including phenoxy) is 1. The molecule has 2 rings (SSSR count).